The maximum absolute atomic E-state index is 5.28. The molecule has 0 aliphatic rings. The van der Waals surface area contributed by atoms with Crippen LogP contribution in [0.5, 0.6) is 5.75 Å². The molecule has 17 heavy (non-hydrogen) atoms. The quantitative estimate of drug-likeness (QED) is 0.858. The number of hydrogen-bond acceptors (Lipinski definition) is 2. The van der Waals surface area contributed by atoms with E-state index in [0.29, 0.717) is 0 Å². The van der Waals surface area contributed by atoms with Gasteiger partial charge in [-0.15, -0.1) is 0 Å². The van der Waals surface area contributed by atoms with Crippen molar-refractivity contribution in [2.45, 2.75) is 20.4 Å². The fourth-order valence-electron chi connectivity index (χ4n) is 2.10. The molecule has 0 saturated heterocycles. The molecule has 0 unspecified atom stereocenters. The Bertz CT molecular complexity index is 486. The average molecular weight is 232 g/mol. The molecule has 92 valence electrons. The van der Waals surface area contributed by atoms with Crippen LogP contribution in [0, 0.1) is 0 Å². The molecule has 1 N–H and O–H groups in total. The Kier molecular flexibility index (Phi) is 3.69. The van der Waals surface area contributed by atoms with Crippen LogP contribution in [0.2, 0.25) is 0 Å². The molecule has 0 saturated carbocycles. The Hall–Kier alpha value is -1.48. The Morgan fingerprint density at radius 2 is 2.00 bits per heavy atom. The van der Waals surface area contributed by atoms with Crippen molar-refractivity contribution in [3.63, 3.8) is 0 Å². The van der Waals surface area contributed by atoms with Crippen molar-refractivity contribution in [1.29, 1.82) is 0 Å². The molecule has 0 radical (unpaired) electrons. The van der Waals surface area contributed by atoms with E-state index in [-0.39, 0.29) is 0 Å². The number of aromatic amines is 1. The van der Waals surface area contributed by atoms with Crippen LogP contribution in [0.1, 0.15) is 19.4 Å². The second kappa shape index (κ2) is 5.23. The van der Waals surface area contributed by atoms with Crippen LogP contribution in [0.4, 0.5) is 0 Å². The summed E-state index contributed by atoms with van der Waals surface area (Å²) in [5, 5.41) is 1.26. The van der Waals surface area contributed by atoms with Crippen LogP contribution in [-0.4, -0.2) is 30.1 Å². The number of rotatable bonds is 5. The highest BCUT2D eigenvalue weighted by atomic mass is 16.5. The lowest BCUT2D eigenvalue weighted by Gasteiger charge is -2.17. The van der Waals surface area contributed by atoms with Gasteiger partial charge >= 0.3 is 0 Å². The molecule has 0 amide bonds. The maximum Gasteiger partial charge on any atom is 0.119 e. The lowest BCUT2D eigenvalue weighted by molar-refractivity contribution is 0.297. The normalized spacial score (nSPS) is 11.3. The van der Waals surface area contributed by atoms with Crippen molar-refractivity contribution in [3.05, 3.63) is 30.0 Å². The third kappa shape index (κ3) is 2.44. The van der Waals surface area contributed by atoms with Gasteiger partial charge in [-0.1, -0.05) is 13.8 Å². The first kappa shape index (κ1) is 12.0. The number of nitrogens with zero attached hydrogens (tertiary/aromatic N) is 1. The van der Waals surface area contributed by atoms with Gasteiger partial charge in [0.25, 0.3) is 0 Å². The molecule has 3 heteroatoms. The van der Waals surface area contributed by atoms with Crippen LogP contribution in [0.3, 0.4) is 0 Å². The zero-order valence-corrected chi connectivity index (χ0v) is 10.8. The second-order valence-electron chi connectivity index (χ2n) is 4.19. The summed E-state index contributed by atoms with van der Waals surface area (Å²) < 4.78 is 5.28. The standard InChI is InChI=1S/C14H20N2O/c1-4-16(5-2)10-11-9-15-14-7-6-12(17-3)8-13(11)14/h6-9,15H,4-5,10H2,1-3H3. The molecule has 1 heterocycles. The van der Waals surface area contributed by atoms with E-state index < -0.39 is 0 Å². The van der Waals surface area contributed by atoms with E-state index in [0.717, 1.165) is 25.4 Å². The van der Waals surface area contributed by atoms with Crippen molar-refractivity contribution in [2.75, 3.05) is 20.2 Å². The Morgan fingerprint density at radius 1 is 1.24 bits per heavy atom. The van der Waals surface area contributed by atoms with Crippen LogP contribution in [0.15, 0.2) is 24.4 Å². The summed E-state index contributed by atoms with van der Waals surface area (Å²) in [5.41, 5.74) is 2.51. The molecule has 2 aromatic rings. The van der Waals surface area contributed by atoms with Gasteiger partial charge < -0.3 is 9.72 Å². The van der Waals surface area contributed by atoms with E-state index in [1.807, 2.05) is 6.07 Å². The van der Waals surface area contributed by atoms with Crippen molar-refractivity contribution in [2.24, 2.45) is 0 Å². The van der Waals surface area contributed by atoms with Gasteiger partial charge in [-0.05, 0) is 36.9 Å². The van der Waals surface area contributed by atoms with E-state index >= 15 is 0 Å². The molecule has 1 aromatic carbocycles. The van der Waals surface area contributed by atoms with E-state index in [2.05, 4.69) is 42.1 Å². The van der Waals surface area contributed by atoms with Gasteiger partial charge in [0.2, 0.25) is 0 Å². The molecule has 2 rings (SSSR count). The number of nitrogens with one attached hydrogen (secondary N) is 1. The fourth-order valence-corrected chi connectivity index (χ4v) is 2.10. The number of hydrogen-bond donors (Lipinski definition) is 1. The third-order valence-electron chi connectivity index (χ3n) is 3.26. The number of aromatic nitrogens is 1. The maximum atomic E-state index is 5.28. The predicted octanol–water partition coefficient (Wildman–Crippen LogP) is 3.02. The second-order valence-corrected chi connectivity index (χ2v) is 4.19. The van der Waals surface area contributed by atoms with E-state index in [1.54, 1.807) is 7.11 Å². The Morgan fingerprint density at radius 3 is 2.65 bits per heavy atom. The minimum atomic E-state index is 0.915. The first-order valence-corrected chi connectivity index (χ1v) is 6.14. The summed E-state index contributed by atoms with van der Waals surface area (Å²) in [4.78, 5) is 5.72. The summed E-state index contributed by atoms with van der Waals surface area (Å²) in [6.07, 6.45) is 2.10. The van der Waals surface area contributed by atoms with Crippen molar-refractivity contribution in [3.8, 4) is 5.75 Å². The number of ether oxygens (including phenoxy) is 1. The summed E-state index contributed by atoms with van der Waals surface area (Å²) in [6, 6.07) is 6.16. The minimum absolute atomic E-state index is 0.915. The SMILES string of the molecule is CCN(CC)Cc1c[nH]c2ccc(OC)cc12. The zero-order chi connectivity index (χ0) is 12.3. The van der Waals surface area contributed by atoms with E-state index in [1.165, 1.54) is 16.5 Å². The predicted molar refractivity (Wildman–Crippen MR) is 71.5 cm³/mol. The smallest absolute Gasteiger partial charge is 0.119 e. The summed E-state index contributed by atoms with van der Waals surface area (Å²) >= 11 is 0. The van der Waals surface area contributed by atoms with Gasteiger partial charge in [0.05, 0.1) is 7.11 Å². The van der Waals surface area contributed by atoms with Gasteiger partial charge in [-0.3, -0.25) is 4.90 Å². The minimum Gasteiger partial charge on any atom is -0.497 e. The van der Waals surface area contributed by atoms with Gasteiger partial charge in [-0.2, -0.15) is 0 Å². The average Bonchev–Trinajstić information content (AvgIpc) is 2.78. The number of H-pyrrole nitrogens is 1. The molecule has 3 nitrogen and oxygen atoms in total. The molecule has 1 aromatic heterocycles. The highest BCUT2D eigenvalue weighted by Gasteiger charge is 2.08. The number of methoxy groups -OCH3 is 1. The van der Waals surface area contributed by atoms with Gasteiger partial charge in [0.1, 0.15) is 5.75 Å². The largest absolute Gasteiger partial charge is 0.497 e. The lowest BCUT2D eigenvalue weighted by Crippen LogP contribution is -2.21. The van der Waals surface area contributed by atoms with Crippen LogP contribution in [0.25, 0.3) is 10.9 Å². The monoisotopic (exact) mass is 232 g/mol. The molecule has 0 atom stereocenters. The first-order chi connectivity index (χ1) is 8.28. The fraction of sp³-hybridized carbons (Fsp3) is 0.429. The highest BCUT2D eigenvalue weighted by molar-refractivity contribution is 5.84. The summed E-state index contributed by atoms with van der Waals surface area (Å²) in [7, 11) is 1.71. The van der Waals surface area contributed by atoms with Crippen molar-refractivity contribution >= 4 is 10.9 Å². The van der Waals surface area contributed by atoms with Gasteiger partial charge in [0, 0.05) is 23.6 Å². The van der Waals surface area contributed by atoms with Gasteiger partial charge in [0.15, 0.2) is 0 Å². The summed E-state index contributed by atoms with van der Waals surface area (Å²) in [5.74, 6) is 0.915. The Labute approximate surface area is 102 Å². The first-order valence-electron chi connectivity index (χ1n) is 6.14. The third-order valence-corrected chi connectivity index (χ3v) is 3.26. The van der Waals surface area contributed by atoms with Crippen molar-refractivity contribution in [1.82, 2.24) is 9.88 Å². The van der Waals surface area contributed by atoms with E-state index in [9.17, 15) is 0 Å². The van der Waals surface area contributed by atoms with E-state index in [4.69, 9.17) is 4.74 Å². The molecular weight excluding hydrogens is 212 g/mol. The molecule has 0 spiro atoms. The number of benzene rings is 1. The molecule has 0 fully saturated rings. The molecular formula is C14H20N2O. The van der Waals surface area contributed by atoms with Crippen LogP contribution in [-0.2, 0) is 6.54 Å². The molecule has 0 aliphatic heterocycles. The van der Waals surface area contributed by atoms with Crippen LogP contribution >= 0.6 is 0 Å². The topological polar surface area (TPSA) is 28.3 Å². The van der Waals surface area contributed by atoms with Crippen LogP contribution < -0.4 is 4.74 Å². The number of fused-ring (bicyclic) bond motifs is 1. The Balaban J connectivity index is 2.33. The van der Waals surface area contributed by atoms with Gasteiger partial charge in [-0.25, -0.2) is 0 Å². The molecule has 0 bridgehead atoms. The van der Waals surface area contributed by atoms with Crippen molar-refractivity contribution < 1.29 is 4.74 Å². The highest BCUT2D eigenvalue weighted by Crippen LogP contribution is 2.24. The zero-order valence-electron chi connectivity index (χ0n) is 10.8. The molecule has 0 aliphatic carbocycles. The lowest BCUT2D eigenvalue weighted by atomic mass is 10.1. The summed E-state index contributed by atoms with van der Waals surface area (Å²) in [6.45, 7) is 7.53.